The summed E-state index contributed by atoms with van der Waals surface area (Å²) in [5.41, 5.74) is 2.24. The molecule has 4 aromatic rings. The molecule has 46 heavy (non-hydrogen) atoms. The molecule has 1 N–H and O–H groups in total. The lowest BCUT2D eigenvalue weighted by Gasteiger charge is -2.34. The van der Waals surface area contributed by atoms with Crippen LogP contribution < -0.4 is 9.62 Å². The molecule has 0 bridgehead atoms. The third-order valence-electron chi connectivity index (χ3n) is 7.35. The molecule has 2 amide bonds. The molecular weight excluding hydrogens is 665 g/mol. The van der Waals surface area contributed by atoms with Crippen molar-refractivity contribution < 1.29 is 18.0 Å². The number of rotatable bonds is 13. The number of benzene rings is 4. The number of carbonyl (C=O) groups excluding carboxylic acids is 2. The summed E-state index contributed by atoms with van der Waals surface area (Å²) in [4.78, 5) is 29.8. The van der Waals surface area contributed by atoms with Gasteiger partial charge in [0.1, 0.15) is 12.6 Å². The molecule has 4 rings (SSSR count). The highest BCUT2D eigenvalue weighted by Gasteiger charge is 2.35. The van der Waals surface area contributed by atoms with E-state index in [0.29, 0.717) is 22.2 Å². The summed E-state index contributed by atoms with van der Waals surface area (Å²) >= 11 is 19.7. The molecule has 1 atom stereocenters. The fraction of sp³-hybridized carbons (Fsp3) is 0.257. The monoisotopic (exact) mass is 699 g/mol. The first-order chi connectivity index (χ1) is 21.9. The number of hydrogen-bond acceptors (Lipinski definition) is 4. The van der Waals surface area contributed by atoms with Crippen molar-refractivity contribution in [2.24, 2.45) is 5.92 Å². The third-order valence-corrected chi connectivity index (χ3v) is 10.2. The van der Waals surface area contributed by atoms with E-state index in [0.717, 1.165) is 15.4 Å². The van der Waals surface area contributed by atoms with Gasteiger partial charge in [-0.3, -0.25) is 13.9 Å². The second-order valence-corrected chi connectivity index (χ2v) is 14.4. The van der Waals surface area contributed by atoms with Gasteiger partial charge in [-0.05, 0) is 54.8 Å². The topological polar surface area (TPSA) is 86.8 Å². The predicted molar refractivity (Wildman–Crippen MR) is 186 cm³/mol. The normalized spacial score (nSPS) is 12.1. The maximum Gasteiger partial charge on any atom is 0.264 e. The van der Waals surface area contributed by atoms with Gasteiger partial charge in [-0.15, -0.1) is 0 Å². The van der Waals surface area contributed by atoms with Crippen LogP contribution in [-0.2, 0) is 32.6 Å². The molecule has 11 heteroatoms. The van der Waals surface area contributed by atoms with Crippen molar-refractivity contribution in [1.29, 1.82) is 0 Å². The zero-order valence-electron chi connectivity index (χ0n) is 25.8. The average Bonchev–Trinajstić information content (AvgIpc) is 3.02. The Morgan fingerprint density at radius 3 is 1.98 bits per heavy atom. The van der Waals surface area contributed by atoms with Crippen LogP contribution in [0, 0.1) is 12.8 Å². The Morgan fingerprint density at radius 2 is 1.37 bits per heavy atom. The van der Waals surface area contributed by atoms with Crippen LogP contribution in [0.15, 0.2) is 102 Å². The van der Waals surface area contributed by atoms with Crippen molar-refractivity contribution in [2.75, 3.05) is 17.4 Å². The smallest absolute Gasteiger partial charge is 0.264 e. The largest absolute Gasteiger partial charge is 0.354 e. The van der Waals surface area contributed by atoms with Crippen molar-refractivity contribution in [1.82, 2.24) is 10.2 Å². The van der Waals surface area contributed by atoms with Crippen molar-refractivity contribution in [3.05, 3.63) is 129 Å². The molecule has 7 nitrogen and oxygen atoms in total. The number of carbonyl (C=O) groups is 2. The first-order valence-corrected chi connectivity index (χ1v) is 17.3. The standard InChI is InChI=1S/C35H36Cl3N3O4S/c1-24(2)21-39-35(43)33(20-26-10-5-4-6-11-26)40(22-28-29(36)13-9-14-30(28)37)34(42)23-41(32-15-8-7-12-31(32)38)46(44,45)27-18-16-25(3)17-19-27/h4-19,24,33H,20-23H2,1-3H3,(H,39,43)/t33-/m0/s1. The zero-order chi connectivity index (χ0) is 33.4. The van der Waals surface area contributed by atoms with Crippen molar-refractivity contribution in [3.63, 3.8) is 0 Å². The SMILES string of the molecule is Cc1ccc(S(=O)(=O)N(CC(=O)N(Cc2c(Cl)cccc2Cl)[C@@H](Cc2ccccc2)C(=O)NCC(C)C)c2ccccc2Cl)cc1. The third kappa shape index (κ3) is 8.82. The number of nitrogens with one attached hydrogen (secondary N) is 1. The summed E-state index contributed by atoms with van der Waals surface area (Å²) in [5.74, 6) is -0.883. The molecule has 0 aliphatic heterocycles. The maximum atomic E-state index is 14.6. The number of aryl methyl sites for hydroxylation is 1. The molecule has 0 radical (unpaired) electrons. The Morgan fingerprint density at radius 1 is 0.783 bits per heavy atom. The first-order valence-electron chi connectivity index (χ1n) is 14.8. The average molecular weight is 701 g/mol. The van der Waals surface area contributed by atoms with Gasteiger partial charge in [-0.1, -0.05) is 115 Å². The first kappa shape index (κ1) is 35.3. The van der Waals surface area contributed by atoms with E-state index < -0.39 is 28.5 Å². The highest BCUT2D eigenvalue weighted by atomic mass is 35.5. The van der Waals surface area contributed by atoms with E-state index in [1.54, 1.807) is 48.5 Å². The number of anilines is 1. The summed E-state index contributed by atoms with van der Waals surface area (Å²) in [7, 11) is -4.29. The summed E-state index contributed by atoms with van der Waals surface area (Å²) in [6.07, 6.45) is 0.162. The molecular formula is C35H36Cl3N3O4S. The Balaban J connectivity index is 1.84. The van der Waals surface area contributed by atoms with Gasteiger partial charge in [-0.25, -0.2) is 8.42 Å². The number of hydrogen-bond donors (Lipinski definition) is 1. The van der Waals surface area contributed by atoms with Crippen LogP contribution in [0.3, 0.4) is 0 Å². The molecule has 242 valence electrons. The summed E-state index contributed by atoms with van der Waals surface area (Å²) < 4.78 is 29.3. The highest BCUT2D eigenvalue weighted by Crippen LogP contribution is 2.32. The van der Waals surface area contributed by atoms with Crippen LogP contribution in [0.5, 0.6) is 0 Å². The predicted octanol–water partition coefficient (Wildman–Crippen LogP) is 7.56. The quantitative estimate of drug-likeness (QED) is 0.156. The summed E-state index contributed by atoms with van der Waals surface area (Å²) in [5, 5.41) is 3.71. The zero-order valence-corrected chi connectivity index (χ0v) is 28.9. The van der Waals surface area contributed by atoms with Gasteiger partial charge < -0.3 is 10.2 Å². The molecule has 0 saturated heterocycles. The Hall–Kier alpha value is -3.56. The van der Waals surface area contributed by atoms with Crippen LogP contribution >= 0.6 is 34.8 Å². The second-order valence-electron chi connectivity index (χ2n) is 11.3. The van der Waals surface area contributed by atoms with E-state index in [2.05, 4.69) is 5.32 Å². The van der Waals surface area contributed by atoms with Gasteiger partial charge in [0.25, 0.3) is 10.0 Å². The number of halogens is 3. The number of sulfonamides is 1. The maximum absolute atomic E-state index is 14.6. The highest BCUT2D eigenvalue weighted by molar-refractivity contribution is 7.92. The van der Waals surface area contributed by atoms with Gasteiger partial charge in [0.2, 0.25) is 11.8 Å². The van der Waals surface area contributed by atoms with E-state index in [4.69, 9.17) is 34.8 Å². The van der Waals surface area contributed by atoms with E-state index >= 15 is 0 Å². The molecule has 0 unspecified atom stereocenters. The van der Waals surface area contributed by atoms with Crippen LogP contribution in [-0.4, -0.2) is 44.3 Å². The Bertz CT molecular complexity index is 1750. The van der Waals surface area contributed by atoms with Gasteiger partial charge in [0, 0.05) is 35.1 Å². The van der Waals surface area contributed by atoms with Gasteiger partial charge in [-0.2, -0.15) is 0 Å². The lowest BCUT2D eigenvalue weighted by Crippen LogP contribution is -2.53. The summed E-state index contributed by atoms with van der Waals surface area (Å²) in [6.45, 7) is 5.37. The van der Waals surface area contributed by atoms with Gasteiger partial charge >= 0.3 is 0 Å². The second kappa shape index (κ2) is 15.8. The van der Waals surface area contributed by atoms with E-state index in [-0.39, 0.29) is 40.4 Å². The van der Waals surface area contributed by atoms with E-state index in [1.807, 2.05) is 51.1 Å². The fourth-order valence-electron chi connectivity index (χ4n) is 4.83. The van der Waals surface area contributed by atoms with E-state index in [9.17, 15) is 18.0 Å². The van der Waals surface area contributed by atoms with Crippen LogP contribution in [0.1, 0.15) is 30.5 Å². The fourth-order valence-corrected chi connectivity index (χ4v) is 7.07. The summed E-state index contributed by atoms with van der Waals surface area (Å²) in [6, 6.07) is 26.0. The molecule has 0 heterocycles. The minimum absolute atomic E-state index is 0.0120. The molecule has 4 aromatic carbocycles. The molecule has 0 aromatic heterocycles. The lowest BCUT2D eigenvalue weighted by atomic mass is 10.0. The van der Waals surface area contributed by atoms with Crippen molar-refractivity contribution in [2.45, 2.75) is 44.7 Å². The minimum atomic E-state index is -4.29. The van der Waals surface area contributed by atoms with E-state index in [1.165, 1.54) is 23.1 Å². The number of nitrogens with zero attached hydrogens (tertiary/aromatic N) is 2. The van der Waals surface area contributed by atoms with Crippen molar-refractivity contribution in [3.8, 4) is 0 Å². The van der Waals surface area contributed by atoms with Crippen LogP contribution in [0.2, 0.25) is 15.1 Å². The molecule has 0 saturated carbocycles. The molecule has 0 aliphatic rings. The molecule has 0 spiro atoms. The number of amides is 2. The van der Waals surface area contributed by atoms with Crippen LogP contribution in [0.25, 0.3) is 0 Å². The lowest BCUT2D eigenvalue weighted by molar-refractivity contribution is -0.140. The van der Waals surface area contributed by atoms with Gasteiger partial charge in [0.05, 0.1) is 15.6 Å². The molecule has 0 fully saturated rings. The number of para-hydroxylation sites is 1. The minimum Gasteiger partial charge on any atom is -0.354 e. The Kier molecular flexibility index (Phi) is 12.1. The van der Waals surface area contributed by atoms with Crippen LogP contribution in [0.4, 0.5) is 5.69 Å². The Labute approximate surface area is 286 Å². The van der Waals surface area contributed by atoms with Crippen molar-refractivity contribution >= 4 is 62.3 Å². The van der Waals surface area contributed by atoms with Gasteiger partial charge in [0.15, 0.2) is 0 Å². The molecule has 0 aliphatic carbocycles.